The van der Waals surface area contributed by atoms with E-state index in [2.05, 4.69) is 41.5 Å². The lowest BCUT2D eigenvalue weighted by atomic mass is 10.0. The summed E-state index contributed by atoms with van der Waals surface area (Å²) in [6, 6.07) is 0. The normalized spacial score (nSPS) is 13.9. The largest absolute Gasteiger partial charge is 0.472 e. The Hall–Kier alpha value is -1.94. The Labute approximate surface area is 619 Å². The molecule has 0 radical (unpaired) electrons. The first-order valence-corrected chi connectivity index (χ1v) is 45.5. The van der Waals surface area contributed by atoms with Crippen LogP contribution in [0.15, 0.2) is 0 Å². The van der Waals surface area contributed by atoms with Gasteiger partial charge in [0.05, 0.1) is 26.4 Å². The Kier molecular flexibility index (Phi) is 72.2. The predicted molar refractivity (Wildman–Crippen MR) is 414 cm³/mol. The fraction of sp³-hybridized carbons (Fsp3) is 0.951. The molecule has 2 unspecified atom stereocenters. The molecule has 0 aliphatic carbocycles. The number of carbonyl (C=O) groups is 4. The second-order valence-corrected chi connectivity index (χ2v) is 33.4. The number of hydrogen-bond acceptors (Lipinski definition) is 15. The SMILES string of the molecule is CCCCCCCCCCCCCCCCCCCCCC(=O)O[C@H](COC(=O)CCCCCCCCCCCCCCCCCC(C)C)COP(=O)(O)OC[C@@H](O)COP(=O)(O)OC[C@@H](COC(=O)CCCCCCCCCC(C)C)OC(=O)CCCCCCCCCCCCCCCC. The number of aliphatic hydroxyl groups is 1. The summed E-state index contributed by atoms with van der Waals surface area (Å²) < 4.78 is 68.7. The topological polar surface area (TPSA) is 237 Å². The summed E-state index contributed by atoms with van der Waals surface area (Å²) in [5.74, 6) is -0.596. The number of esters is 4. The molecular formula is C82H160O17P2. The Morgan fingerprint density at radius 2 is 0.455 bits per heavy atom. The second-order valence-electron chi connectivity index (χ2n) is 30.5. The maximum absolute atomic E-state index is 13.1. The van der Waals surface area contributed by atoms with Crippen LogP contribution in [-0.4, -0.2) is 96.7 Å². The van der Waals surface area contributed by atoms with Gasteiger partial charge in [-0.2, -0.15) is 0 Å². The molecule has 0 fully saturated rings. The molecule has 0 saturated carbocycles. The molecule has 5 atom stereocenters. The van der Waals surface area contributed by atoms with Crippen LogP contribution in [0.1, 0.15) is 433 Å². The van der Waals surface area contributed by atoms with Crippen molar-refractivity contribution in [1.29, 1.82) is 0 Å². The molecule has 0 amide bonds. The highest BCUT2D eigenvalue weighted by Gasteiger charge is 2.30. The molecule has 600 valence electrons. The van der Waals surface area contributed by atoms with E-state index in [-0.39, 0.29) is 25.7 Å². The summed E-state index contributed by atoms with van der Waals surface area (Å²) in [6.45, 7) is 9.62. The van der Waals surface area contributed by atoms with E-state index in [1.54, 1.807) is 0 Å². The van der Waals surface area contributed by atoms with Crippen molar-refractivity contribution in [2.24, 2.45) is 11.8 Å². The Balaban J connectivity index is 5.23. The first kappa shape index (κ1) is 99.1. The van der Waals surface area contributed by atoms with Gasteiger partial charge in [-0.25, -0.2) is 9.13 Å². The molecule has 0 saturated heterocycles. The fourth-order valence-corrected chi connectivity index (χ4v) is 14.3. The highest BCUT2D eigenvalue weighted by molar-refractivity contribution is 7.47. The van der Waals surface area contributed by atoms with Gasteiger partial charge in [0.25, 0.3) is 0 Å². The van der Waals surface area contributed by atoms with Gasteiger partial charge in [-0.05, 0) is 37.5 Å². The highest BCUT2D eigenvalue weighted by Crippen LogP contribution is 2.45. The smallest absolute Gasteiger partial charge is 0.462 e. The van der Waals surface area contributed by atoms with Crippen molar-refractivity contribution >= 4 is 39.5 Å². The molecule has 0 rings (SSSR count). The van der Waals surface area contributed by atoms with Crippen molar-refractivity contribution in [1.82, 2.24) is 0 Å². The quantitative estimate of drug-likeness (QED) is 0.0222. The van der Waals surface area contributed by atoms with Crippen molar-refractivity contribution in [3.05, 3.63) is 0 Å². The highest BCUT2D eigenvalue weighted by atomic mass is 31.2. The fourth-order valence-electron chi connectivity index (χ4n) is 12.7. The van der Waals surface area contributed by atoms with Gasteiger partial charge in [-0.3, -0.25) is 37.3 Å². The molecule has 0 aliphatic rings. The van der Waals surface area contributed by atoms with Crippen LogP contribution in [0.2, 0.25) is 0 Å². The molecule has 101 heavy (non-hydrogen) atoms. The summed E-state index contributed by atoms with van der Waals surface area (Å²) in [6.07, 6.45) is 63.9. The van der Waals surface area contributed by atoms with Crippen LogP contribution in [0.4, 0.5) is 0 Å². The molecule has 0 spiro atoms. The molecule has 0 heterocycles. The summed E-state index contributed by atoms with van der Waals surface area (Å²) in [7, 11) is -9.92. The summed E-state index contributed by atoms with van der Waals surface area (Å²) in [4.78, 5) is 73.0. The van der Waals surface area contributed by atoms with Gasteiger partial charge in [0.1, 0.15) is 19.3 Å². The summed E-state index contributed by atoms with van der Waals surface area (Å²) in [5, 5.41) is 10.6. The molecule has 3 N–H and O–H groups in total. The van der Waals surface area contributed by atoms with Crippen molar-refractivity contribution in [3.63, 3.8) is 0 Å². The summed E-state index contributed by atoms with van der Waals surface area (Å²) in [5.41, 5.74) is 0. The summed E-state index contributed by atoms with van der Waals surface area (Å²) >= 11 is 0. The number of ether oxygens (including phenoxy) is 4. The Bertz CT molecular complexity index is 1940. The van der Waals surface area contributed by atoms with Crippen LogP contribution in [0.3, 0.4) is 0 Å². The maximum Gasteiger partial charge on any atom is 0.472 e. The third kappa shape index (κ3) is 76.1. The van der Waals surface area contributed by atoms with Crippen LogP contribution >= 0.6 is 15.6 Å². The van der Waals surface area contributed by atoms with E-state index < -0.39 is 97.5 Å². The van der Waals surface area contributed by atoms with Gasteiger partial charge >= 0.3 is 39.5 Å². The lowest BCUT2D eigenvalue weighted by Crippen LogP contribution is -2.30. The van der Waals surface area contributed by atoms with E-state index in [0.29, 0.717) is 31.6 Å². The first-order valence-electron chi connectivity index (χ1n) is 42.5. The van der Waals surface area contributed by atoms with Gasteiger partial charge in [-0.15, -0.1) is 0 Å². The van der Waals surface area contributed by atoms with Gasteiger partial charge in [0.2, 0.25) is 0 Å². The zero-order valence-corrected chi connectivity index (χ0v) is 68.0. The van der Waals surface area contributed by atoms with E-state index in [1.807, 2.05) is 0 Å². The maximum atomic E-state index is 13.1. The number of hydrogen-bond donors (Lipinski definition) is 3. The number of phosphoric acid groups is 2. The number of unbranched alkanes of at least 4 members (excludes halogenated alkanes) is 51. The molecule has 0 aromatic rings. The Morgan fingerprint density at radius 1 is 0.267 bits per heavy atom. The first-order chi connectivity index (χ1) is 48.9. The average Bonchev–Trinajstić information content (AvgIpc) is 0.931. The van der Waals surface area contributed by atoms with Crippen LogP contribution in [0, 0.1) is 11.8 Å². The van der Waals surface area contributed by atoms with Gasteiger partial charge in [-0.1, -0.05) is 382 Å². The number of rotatable bonds is 81. The van der Waals surface area contributed by atoms with Crippen molar-refractivity contribution < 1.29 is 80.2 Å². The van der Waals surface area contributed by atoms with Crippen molar-refractivity contribution in [2.75, 3.05) is 39.6 Å². The van der Waals surface area contributed by atoms with E-state index in [1.165, 1.54) is 244 Å². The lowest BCUT2D eigenvalue weighted by molar-refractivity contribution is -0.161. The zero-order valence-electron chi connectivity index (χ0n) is 66.2. The van der Waals surface area contributed by atoms with Gasteiger partial charge in [0, 0.05) is 25.7 Å². The molecule has 0 aromatic carbocycles. The predicted octanol–water partition coefficient (Wildman–Crippen LogP) is 24.7. The van der Waals surface area contributed by atoms with E-state index in [9.17, 15) is 43.2 Å². The average molecular weight is 1480 g/mol. The third-order valence-electron chi connectivity index (χ3n) is 19.2. The minimum absolute atomic E-state index is 0.107. The van der Waals surface area contributed by atoms with Gasteiger partial charge < -0.3 is 33.8 Å². The number of carbonyl (C=O) groups excluding carboxylic acids is 4. The second kappa shape index (κ2) is 73.6. The zero-order chi connectivity index (χ0) is 74.2. The minimum atomic E-state index is -4.96. The monoisotopic (exact) mass is 1480 g/mol. The van der Waals surface area contributed by atoms with Gasteiger partial charge in [0.15, 0.2) is 12.2 Å². The van der Waals surface area contributed by atoms with Crippen molar-refractivity contribution in [3.8, 4) is 0 Å². The standard InChI is InChI=1S/C82H160O17P2/c1-7-9-11-13-15-17-19-21-23-24-25-26-29-34-38-42-48-55-61-67-81(86)98-77(70-92-79(84)64-58-52-46-40-36-33-30-27-28-31-35-39-44-50-56-62-74(3)4)72-96-100(88,89)94-68-76(83)69-95-101(90,91)97-73-78(71-93-80(85)65-59-53-49-43-45-51-57-63-75(5)6)99-82(87)66-60-54-47-41-37-32-22-20-18-16-14-12-10-8-2/h74-78,83H,7-73H2,1-6H3,(H,88,89)(H,90,91)/t76-,77-,78-/m1/s1. The minimum Gasteiger partial charge on any atom is -0.462 e. The lowest BCUT2D eigenvalue weighted by Gasteiger charge is -2.21. The number of aliphatic hydroxyl groups excluding tert-OH is 1. The molecule has 0 bridgehead atoms. The molecule has 0 aliphatic heterocycles. The molecule has 19 heteroatoms. The third-order valence-corrected chi connectivity index (χ3v) is 21.1. The van der Waals surface area contributed by atoms with Crippen LogP contribution in [-0.2, 0) is 65.4 Å². The van der Waals surface area contributed by atoms with E-state index >= 15 is 0 Å². The van der Waals surface area contributed by atoms with E-state index in [0.717, 1.165) is 102 Å². The Morgan fingerprint density at radius 3 is 0.673 bits per heavy atom. The molecule has 17 nitrogen and oxygen atoms in total. The van der Waals surface area contributed by atoms with E-state index in [4.69, 9.17) is 37.0 Å². The molecule has 0 aromatic heterocycles. The number of phosphoric ester groups is 2. The van der Waals surface area contributed by atoms with Crippen molar-refractivity contribution in [2.45, 2.75) is 452 Å². The van der Waals surface area contributed by atoms with Crippen LogP contribution in [0.25, 0.3) is 0 Å². The molecular weight excluding hydrogens is 1320 g/mol. The van der Waals surface area contributed by atoms with Crippen LogP contribution in [0.5, 0.6) is 0 Å². The van der Waals surface area contributed by atoms with Crippen LogP contribution < -0.4 is 0 Å².